The van der Waals surface area contributed by atoms with E-state index in [1.165, 1.54) is 0 Å². The molecule has 2 aromatic rings. The van der Waals surface area contributed by atoms with Gasteiger partial charge in [0.25, 0.3) is 0 Å². The lowest BCUT2D eigenvalue weighted by Crippen LogP contribution is -2.05. The Labute approximate surface area is 82.1 Å². The highest BCUT2D eigenvalue weighted by Gasteiger charge is 2.15. The number of fused-ring (bicyclic) bond motifs is 1. The number of hydrogen-bond acceptors (Lipinski definition) is 3. The van der Waals surface area contributed by atoms with Crippen molar-refractivity contribution < 1.29 is 8.42 Å². The summed E-state index contributed by atoms with van der Waals surface area (Å²) in [6.45, 7) is 0. The highest BCUT2D eigenvalue weighted by atomic mass is 32.2. The van der Waals surface area contributed by atoms with Crippen LogP contribution in [0.25, 0.3) is 11.0 Å². The minimum absolute atomic E-state index is 0.110. The number of benzene rings is 1. The van der Waals surface area contributed by atoms with Crippen molar-refractivity contribution in [2.75, 3.05) is 6.26 Å². The number of sulfone groups is 1. The number of para-hydroxylation sites is 2. The van der Waals surface area contributed by atoms with Crippen molar-refractivity contribution in [2.45, 2.75) is 5.16 Å². The molecule has 0 saturated heterocycles. The van der Waals surface area contributed by atoms with Crippen molar-refractivity contribution in [2.24, 2.45) is 7.05 Å². The third kappa shape index (κ3) is 1.29. The Balaban J connectivity index is 2.89. The lowest BCUT2D eigenvalue weighted by molar-refractivity contribution is 0.587. The molecule has 0 bridgehead atoms. The molecule has 0 unspecified atom stereocenters. The van der Waals surface area contributed by atoms with Crippen molar-refractivity contribution >= 4 is 20.9 Å². The van der Waals surface area contributed by atoms with Crippen LogP contribution in [0.5, 0.6) is 0 Å². The molecular weight excluding hydrogens is 200 g/mol. The van der Waals surface area contributed by atoms with Crippen molar-refractivity contribution in [1.82, 2.24) is 9.55 Å². The summed E-state index contributed by atoms with van der Waals surface area (Å²) >= 11 is 0. The molecule has 0 aliphatic carbocycles. The Morgan fingerprint density at radius 3 is 2.50 bits per heavy atom. The van der Waals surface area contributed by atoms with Gasteiger partial charge in [-0.25, -0.2) is 13.4 Å². The molecule has 14 heavy (non-hydrogen) atoms. The van der Waals surface area contributed by atoms with Gasteiger partial charge in [0.15, 0.2) is 0 Å². The van der Waals surface area contributed by atoms with E-state index in [2.05, 4.69) is 4.98 Å². The Morgan fingerprint density at radius 2 is 1.93 bits per heavy atom. The fourth-order valence-electron chi connectivity index (χ4n) is 1.46. The van der Waals surface area contributed by atoms with Gasteiger partial charge in [0, 0.05) is 13.3 Å². The minimum atomic E-state index is -3.24. The predicted octanol–water partition coefficient (Wildman–Crippen LogP) is 0.977. The summed E-state index contributed by atoms with van der Waals surface area (Å²) in [5.41, 5.74) is 1.53. The molecule has 1 heterocycles. The Kier molecular flexibility index (Phi) is 1.85. The Bertz CT molecular complexity index is 584. The average molecular weight is 210 g/mol. The monoisotopic (exact) mass is 210 g/mol. The largest absolute Gasteiger partial charge is 0.318 e. The quantitative estimate of drug-likeness (QED) is 0.705. The maximum Gasteiger partial charge on any atom is 0.228 e. The first-order chi connectivity index (χ1) is 6.50. The molecule has 5 heteroatoms. The van der Waals surface area contributed by atoms with Crippen molar-refractivity contribution in [1.29, 1.82) is 0 Å². The van der Waals surface area contributed by atoms with Gasteiger partial charge in [-0.1, -0.05) is 12.1 Å². The zero-order valence-electron chi connectivity index (χ0n) is 7.93. The van der Waals surface area contributed by atoms with Gasteiger partial charge in [0.1, 0.15) is 0 Å². The van der Waals surface area contributed by atoms with Crippen LogP contribution in [0.3, 0.4) is 0 Å². The number of rotatable bonds is 1. The fourth-order valence-corrected chi connectivity index (χ4v) is 2.32. The van der Waals surface area contributed by atoms with Crippen LogP contribution in [0.2, 0.25) is 0 Å². The number of nitrogens with zero attached hydrogens (tertiary/aromatic N) is 2. The fraction of sp³-hybridized carbons (Fsp3) is 0.222. The van der Waals surface area contributed by atoms with Gasteiger partial charge in [-0.05, 0) is 12.1 Å². The van der Waals surface area contributed by atoms with Gasteiger partial charge in [-0.3, -0.25) is 0 Å². The topological polar surface area (TPSA) is 52.0 Å². The average Bonchev–Trinajstić information content (AvgIpc) is 2.44. The van der Waals surface area contributed by atoms with Crippen LogP contribution < -0.4 is 0 Å². The summed E-state index contributed by atoms with van der Waals surface area (Å²) in [5, 5.41) is 0.110. The van der Waals surface area contributed by atoms with E-state index < -0.39 is 9.84 Å². The summed E-state index contributed by atoms with van der Waals surface area (Å²) in [6.07, 6.45) is 1.16. The first-order valence-corrected chi connectivity index (χ1v) is 6.01. The third-order valence-corrected chi connectivity index (χ3v) is 3.11. The molecule has 0 N–H and O–H groups in total. The van der Waals surface area contributed by atoms with Crippen LogP contribution in [0.15, 0.2) is 29.4 Å². The second-order valence-electron chi connectivity index (χ2n) is 3.21. The number of hydrogen-bond donors (Lipinski definition) is 0. The van der Waals surface area contributed by atoms with E-state index in [9.17, 15) is 8.42 Å². The summed E-state index contributed by atoms with van der Waals surface area (Å²) in [7, 11) is -1.54. The smallest absolute Gasteiger partial charge is 0.228 e. The lowest BCUT2D eigenvalue weighted by atomic mass is 10.3. The maximum atomic E-state index is 11.3. The standard InChI is InChI=1S/C9H10N2O2S/c1-11-8-6-4-3-5-7(8)10-9(11)14(2,12)13/h3-6H,1-2H3. The number of aryl methyl sites for hydroxylation is 1. The summed E-state index contributed by atoms with van der Waals surface area (Å²) in [6, 6.07) is 7.33. The molecule has 4 nitrogen and oxygen atoms in total. The molecule has 0 aliphatic rings. The van der Waals surface area contributed by atoms with Gasteiger partial charge in [-0.2, -0.15) is 0 Å². The van der Waals surface area contributed by atoms with E-state index >= 15 is 0 Å². The van der Waals surface area contributed by atoms with Gasteiger partial charge in [0.2, 0.25) is 15.0 Å². The van der Waals surface area contributed by atoms with Crippen LogP contribution in [0.4, 0.5) is 0 Å². The minimum Gasteiger partial charge on any atom is -0.318 e. The molecule has 0 fully saturated rings. The second kappa shape index (κ2) is 2.81. The zero-order chi connectivity index (χ0) is 10.3. The van der Waals surface area contributed by atoms with Crippen molar-refractivity contribution in [3.05, 3.63) is 24.3 Å². The third-order valence-electron chi connectivity index (χ3n) is 2.08. The first-order valence-electron chi connectivity index (χ1n) is 4.11. The van der Waals surface area contributed by atoms with Crippen LogP contribution >= 0.6 is 0 Å². The molecule has 0 aliphatic heterocycles. The van der Waals surface area contributed by atoms with Crippen LogP contribution in [0.1, 0.15) is 0 Å². The first kappa shape index (κ1) is 9.21. The molecule has 1 aromatic carbocycles. The van der Waals surface area contributed by atoms with Gasteiger partial charge >= 0.3 is 0 Å². The van der Waals surface area contributed by atoms with E-state index in [0.29, 0.717) is 5.52 Å². The summed E-state index contributed by atoms with van der Waals surface area (Å²) < 4.78 is 24.3. The van der Waals surface area contributed by atoms with Crippen LogP contribution in [0, 0.1) is 0 Å². The molecular formula is C9H10N2O2S. The van der Waals surface area contributed by atoms with Crippen LogP contribution in [-0.2, 0) is 16.9 Å². The molecule has 0 saturated carbocycles. The molecule has 0 atom stereocenters. The van der Waals surface area contributed by atoms with E-state index in [1.54, 1.807) is 17.7 Å². The lowest BCUT2D eigenvalue weighted by Gasteiger charge is -1.97. The molecule has 74 valence electrons. The molecule has 2 rings (SSSR count). The van der Waals surface area contributed by atoms with E-state index in [4.69, 9.17) is 0 Å². The SMILES string of the molecule is Cn1c(S(C)(=O)=O)nc2ccccc21. The maximum absolute atomic E-state index is 11.3. The summed E-state index contributed by atoms with van der Waals surface area (Å²) in [5.74, 6) is 0. The summed E-state index contributed by atoms with van der Waals surface area (Å²) in [4.78, 5) is 4.06. The van der Waals surface area contributed by atoms with Crippen molar-refractivity contribution in [3.63, 3.8) is 0 Å². The van der Waals surface area contributed by atoms with Gasteiger partial charge in [-0.15, -0.1) is 0 Å². The van der Waals surface area contributed by atoms with Crippen LogP contribution in [-0.4, -0.2) is 24.2 Å². The predicted molar refractivity (Wildman–Crippen MR) is 53.8 cm³/mol. The highest BCUT2D eigenvalue weighted by molar-refractivity contribution is 7.90. The molecule has 0 spiro atoms. The van der Waals surface area contributed by atoms with Gasteiger partial charge in [0.05, 0.1) is 11.0 Å². The second-order valence-corrected chi connectivity index (χ2v) is 5.12. The molecule has 1 aromatic heterocycles. The Hall–Kier alpha value is -1.36. The Morgan fingerprint density at radius 1 is 1.29 bits per heavy atom. The normalized spacial score (nSPS) is 12.1. The van der Waals surface area contributed by atoms with Crippen molar-refractivity contribution in [3.8, 4) is 0 Å². The molecule has 0 radical (unpaired) electrons. The zero-order valence-corrected chi connectivity index (χ0v) is 8.75. The number of aromatic nitrogens is 2. The van der Waals surface area contributed by atoms with E-state index in [1.807, 2.05) is 18.2 Å². The van der Waals surface area contributed by atoms with E-state index in [-0.39, 0.29) is 5.16 Å². The van der Waals surface area contributed by atoms with E-state index in [0.717, 1.165) is 11.8 Å². The number of imidazole rings is 1. The molecule has 0 amide bonds. The highest BCUT2D eigenvalue weighted by Crippen LogP contribution is 2.17. The van der Waals surface area contributed by atoms with Gasteiger partial charge < -0.3 is 4.57 Å².